The molecule has 0 aliphatic heterocycles. The molecule has 0 unspecified atom stereocenters. The highest BCUT2D eigenvalue weighted by atomic mass is 16.2. The fourth-order valence-electron chi connectivity index (χ4n) is 3.10. The lowest BCUT2D eigenvalue weighted by molar-refractivity contribution is 0.0947. The van der Waals surface area contributed by atoms with Gasteiger partial charge in [-0.3, -0.25) is 4.79 Å². The molecule has 7 heteroatoms. The average Bonchev–Trinajstić information content (AvgIpc) is 3.27. The van der Waals surface area contributed by atoms with E-state index in [9.17, 15) is 4.79 Å². The van der Waals surface area contributed by atoms with Gasteiger partial charge in [-0.15, -0.1) is 0 Å². The van der Waals surface area contributed by atoms with Crippen molar-refractivity contribution >= 4 is 11.6 Å². The number of hydrogen-bond donors (Lipinski definition) is 1. The van der Waals surface area contributed by atoms with Crippen molar-refractivity contribution in [3.8, 4) is 11.3 Å². The van der Waals surface area contributed by atoms with Crippen LogP contribution in [-0.2, 0) is 6.54 Å². The third kappa shape index (κ3) is 3.08. The van der Waals surface area contributed by atoms with Gasteiger partial charge in [0, 0.05) is 18.8 Å². The molecule has 0 aliphatic rings. The average molecular weight is 360 g/mol. The molecule has 1 amide bonds. The summed E-state index contributed by atoms with van der Waals surface area (Å²) in [5, 5.41) is 6.84. The molecule has 4 aromatic rings. The van der Waals surface area contributed by atoms with Gasteiger partial charge in [-0.1, -0.05) is 35.9 Å². The van der Waals surface area contributed by atoms with Crippen LogP contribution in [-0.4, -0.2) is 37.1 Å². The molecule has 1 N–H and O–H groups in total. The number of hydrogen-bond acceptors (Lipinski definition) is 4. The monoisotopic (exact) mass is 360 g/mol. The Kier molecular flexibility index (Phi) is 4.19. The highest BCUT2D eigenvalue weighted by molar-refractivity contribution is 5.90. The fraction of sp³-hybridized carbons (Fsp3) is 0.200. The van der Waals surface area contributed by atoms with Crippen LogP contribution in [0.3, 0.4) is 0 Å². The van der Waals surface area contributed by atoms with E-state index in [1.807, 2.05) is 25.3 Å². The summed E-state index contributed by atoms with van der Waals surface area (Å²) in [4.78, 5) is 21.0. The molecule has 0 atom stereocenters. The van der Waals surface area contributed by atoms with E-state index in [4.69, 9.17) is 4.98 Å². The second-order valence-electron chi connectivity index (χ2n) is 6.53. The third-order valence-corrected chi connectivity index (χ3v) is 4.54. The van der Waals surface area contributed by atoms with Gasteiger partial charge in [0.2, 0.25) is 5.82 Å². The molecular formula is C20H20N6O. The first-order chi connectivity index (χ1) is 13.1. The van der Waals surface area contributed by atoms with E-state index < -0.39 is 0 Å². The summed E-state index contributed by atoms with van der Waals surface area (Å²) in [5.74, 6) is 0.00402. The van der Waals surface area contributed by atoms with Crippen molar-refractivity contribution in [1.82, 2.24) is 29.5 Å². The standard InChI is InChI=1S/C20H20N6O/c1-13-4-7-15(8-5-13)18-16(25-10-14(2)6-9-17(25)24-18)11-26-19(20(27)21-3)22-12-23-26/h4-10,12H,11H2,1-3H3,(H,21,27). The number of nitrogens with one attached hydrogen (secondary N) is 1. The maximum absolute atomic E-state index is 12.1. The first-order valence-electron chi connectivity index (χ1n) is 8.71. The summed E-state index contributed by atoms with van der Waals surface area (Å²) in [5.41, 5.74) is 6.03. The molecule has 4 rings (SSSR count). The quantitative estimate of drug-likeness (QED) is 0.607. The maximum atomic E-state index is 12.1. The second kappa shape index (κ2) is 6.68. The Morgan fingerprint density at radius 2 is 1.81 bits per heavy atom. The van der Waals surface area contributed by atoms with Crippen molar-refractivity contribution in [2.45, 2.75) is 20.4 Å². The predicted octanol–water partition coefficient (Wildman–Crippen LogP) is 2.62. The molecule has 0 bridgehead atoms. The van der Waals surface area contributed by atoms with Crippen molar-refractivity contribution in [2.75, 3.05) is 7.05 Å². The Balaban J connectivity index is 1.89. The van der Waals surface area contributed by atoms with Gasteiger partial charge in [0.1, 0.15) is 12.0 Å². The number of nitrogens with zero attached hydrogens (tertiary/aromatic N) is 5. The number of benzene rings is 1. The third-order valence-electron chi connectivity index (χ3n) is 4.54. The minimum atomic E-state index is -0.269. The number of amides is 1. The molecule has 0 saturated carbocycles. The number of aryl methyl sites for hydroxylation is 2. The van der Waals surface area contributed by atoms with E-state index >= 15 is 0 Å². The number of aromatic nitrogens is 5. The SMILES string of the molecule is CNC(=O)c1ncnn1Cc1c(-c2ccc(C)cc2)nc2ccc(C)cn12. The summed E-state index contributed by atoms with van der Waals surface area (Å²) in [6.45, 7) is 4.49. The van der Waals surface area contributed by atoms with Gasteiger partial charge in [0.15, 0.2) is 0 Å². The van der Waals surface area contributed by atoms with Crippen molar-refractivity contribution < 1.29 is 4.79 Å². The molecule has 136 valence electrons. The molecular weight excluding hydrogens is 340 g/mol. The van der Waals surface area contributed by atoms with Gasteiger partial charge < -0.3 is 9.72 Å². The Morgan fingerprint density at radius 1 is 1.07 bits per heavy atom. The molecule has 3 heterocycles. The summed E-state index contributed by atoms with van der Waals surface area (Å²) in [6.07, 6.45) is 3.44. The van der Waals surface area contributed by atoms with Gasteiger partial charge in [0.05, 0.1) is 17.9 Å². The highest BCUT2D eigenvalue weighted by Gasteiger charge is 2.19. The second-order valence-corrected chi connectivity index (χ2v) is 6.53. The Hall–Kier alpha value is -3.48. The van der Waals surface area contributed by atoms with Crippen LogP contribution in [0, 0.1) is 13.8 Å². The summed E-state index contributed by atoms with van der Waals surface area (Å²) >= 11 is 0. The van der Waals surface area contributed by atoms with Gasteiger partial charge in [-0.25, -0.2) is 14.6 Å². The van der Waals surface area contributed by atoms with Crippen molar-refractivity contribution in [3.05, 3.63) is 71.6 Å². The van der Waals surface area contributed by atoms with Crippen LogP contribution < -0.4 is 5.32 Å². The maximum Gasteiger partial charge on any atom is 0.288 e. The lowest BCUT2D eigenvalue weighted by atomic mass is 10.1. The van der Waals surface area contributed by atoms with Crippen LogP contribution in [0.5, 0.6) is 0 Å². The molecule has 1 aromatic carbocycles. The van der Waals surface area contributed by atoms with Gasteiger partial charge in [-0.05, 0) is 25.5 Å². The molecule has 0 spiro atoms. The molecule has 3 aromatic heterocycles. The van der Waals surface area contributed by atoms with Crippen LogP contribution in [0.2, 0.25) is 0 Å². The smallest absolute Gasteiger partial charge is 0.288 e. The van der Waals surface area contributed by atoms with Crippen molar-refractivity contribution in [2.24, 2.45) is 0 Å². The molecule has 0 aliphatic carbocycles. The zero-order chi connectivity index (χ0) is 19.0. The van der Waals surface area contributed by atoms with E-state index in [2.05, 4.69) is 51.0 Å². The minimum absolute atomic E-state index is 0.269. The van der Waals surface area contributed by atoms with Crippen LogP contribution in [0.15, 0.2) is 48.9 Å². The fourth-order valence-corrected chi connectivity index (χ4v) is 3.10. The molecule has 0 radical (unpaired) electrons. The van der Waals surface area contributed by atoms with Gasteiger partial charge in [-0.2, -0.15) is 5.10 Å². The van der Waals surface area contributed by atoms with Gasteiger partial charge in [0.25, 0.3) is 5.91 Å². The lowest BCUT2D eigenvalue weighted by Gasteiger charge is -2.08. The Labute approximate surface area is 156 Å². The van der Waals surface area contributed by atoms with Crippen LogP contribution in [0.4, 0.5) is 0 Å². The zero-order valence-electron chi connectivity index (χ0n) is 15.5. The van der Waals surface area contributed by atoms with Crippen molar-refractivity contribution in [1.29, 1.82) is 0 Å². The number of carbonyl (C=O) groups is 1. The van der Waals surface area contributed by atoms with E-state index in [1.54, 1.807) is 11.7 Å². The van der Waals surface area contributed by atoms with Gasteiger partial charge >= 0.3 is 0 Å². The number of carbonyl (C=O) groups excluding carboxylic acids is 1. The first kappa shape index (κ1) is 17.0. The normalized spacial score (nSPS) is 11.1. The first-order valence-corrected chi connectivity index (χ1v) is 8.71. The van der Waals surface area contributed by atoms with E-state index in [1.165, 1.54) is 11.9 Å². The highest BCUT2D eigenvalue weighted by Crippen LogP contribution is 2.26. The lowest BCUT2D eigenvalue weighted by Crippen LogP contribution is -2.24. The largest absolute Gasteiger partial charge is 0.352 e. The topological polar surface area (TPSA) is 77.1 Å². The van der Waals surface area contributed by atoms with Crippen molar-refractivity contribution in [3.63, 3.8) is 0 Å². The van der Waals surface area contributed by atoms with E-state index in [0.29, 0.717) is 6.54 Å². The number of pyridine rings is 1. The molecule has 0 fully saturated rings. The number of rotatable bonds is 4. The van der Waals surface area contributed by atoms with Crippen LogP contribution in [0.25, 0.3) is 16.9 Å². The number of fused-ring (bicyclic) bond motifs is 1. The summed E-state index contributed by atoms with van der Waals surface area (Å²) in [7, 11) is 1.58. The Morgan fingerprint density at radius 3 is 2.56 bits per heavy atom. The zero-order valence-corrected chi connectivity index (χ0v) is 15.5. The number of imidazole rings is 1. The molecule has 7 nitrogen and oxygen atoms in total. The summed E-state index contributed by atoms with van der Waals surface area (Å²) in [6, 6.07) is 12.3. The molecule has 0 saturated heterocycles. The predicted molar refractivity (Wildman–Crippen MR) is 103 cm³/mol. The van der Waals surface area contributed by atoms with Crippen LogP contribution in [0.1, 0.15) is 27.4 Å². The summed E-state index contributed by atoms with van der Waals surface area (Å²) < 4.78 is 3.65. The van der Waals surface area contributed by atoms with E-state index in [0.717, 1.165) is 28.2 Å². The Bertz CT molecular complexity index is 1120. The van der Waals surface area contributed by atoms with Crippen LogP contribution >= 0.6 is 0 Å². The minimum Gasteiger partial charge on any atom is -0.352 e. The molecule has 27 heavy (non-hydrogen) atoms. The van der Waals surface area contributed by atoms with E-state index in [-0.39, 0.29) is 11.7 Å².